The molecule has 0 aromatic heterocycles. The normalized spacial score (nSPS) is 12.8. The molecule has 0 aliphatic heterocycles. The Bertz CT molecular complexity index is 672. The standard InChI is InChI=1S/C22H27NO3/c1-18(13-14-21(15-16-24)20-11-7-4-8-12-20)23(2)22(25)26-17-19-9-5-3-6-10-19/h3-12,16,18,21H,13-15,17H2,1-2H3. The molecular weight excluding hydrogens is 326 g/mol. The van der Waals surface area contributed by atoms with E-state index in [0.29, 0.717) is 6.42 Å². The molecule has 2 aromatic rings. The number of carbonyl (C=O) groups excluding carboxylic acids is 2. The summed E-state index contributed by atoms with van der Waals surface area (Å²) in [6.07, 6.45) is 2.80. The average Bonchev–Trinajstić information content (AvgIpc) is 2.69. The Morgan fingerprint density at radius 2 is 1.65 bits per heavy atom. The summed E-state index contributed by atoms with van der Waals surface area (Å²) in [5.41, 5.74) is 2.14. The molecule has 4 nitrogen and oxygen atoms in total. The Hall–Kier alpha value is -2.62. The third-order valence-electron chi connectivity index (χ3n) is 4.74. The summed E-state index contributed by atoms with van der Waals surface area (Å²) in [5, 5.41) is 0. The van der Waals surface area contributed by atoms with Gasteiger partial charge in [-0.1, -0.05) is 60.7 Å². The second kappa shape index (κ2) is 10.4. The van der Waals surface area contributed by atoms with Crippen LogP contribution < -0.4 is 0 Å². The number of nitrogens with zero attached hydrogens (tertiary/aromatic N) is 1. The molecule has 0 N–H and O–H groups in total. The van der Waals surface area contributed by atoms with Gasteiger partial charge in [0.2, 0.25) is 0 Å². The van der Waals surface area contributed by atoms with E-state index in [1.807, 2.05) is 55.5 Å². The lowest BCUT2D eigenvalue weighted by molar-refractivity contribution is -0.108. The lowest BCUT2D eigenvalue weighted by Crippen LogP contribution is -2.35. The third kappa shape index (κ3) is 6.03. The van der Waals surface area contributed by atoms with Gasteiger partial charge in [-0.3, -0.25) is 0 Å². The summed E-state index contributed by atoms with van der Waals surface area (Å²) in [6.45, 7) is 2.28. The molecule has 4 heteroatoms. The quantitative estimate of drug-likeness (QED) is 0.609. The molecule has 0 aliphatic carbocycles. The van der Waals surface area contributed by atoms with Gasteiger partial charge >= 0.3 is 6.09 Å². The molecule has 26 heavy (non-hydrogen) atoms. The molecule has 1 amide bonds. The monoisotopic (exact) mass is 353 g/mol. The van der Waals surface area contributed by atoms with E-state index < -0.39 is 0 Å². The van der Waals surface area contributed by atoms with Crippen molar-refractivity contribution in [1.82, 2.24) is 4.90 Å². The lowest BCUT2D eigenvalue weighted by Gasteiger charge is -2.26. The van der Waals surface area contributed by atoms with Gasteiger partial charge in [0, 0.05) is 19.5 Å². The smallest absolute Gasteiger partial charge is 0.410 e. The number of hydrogen-bond acceptors (Lipinski definition) is 3. The second-order valence-corrected chi connectivity index (χ2v) is 6.59. The van der Waals surface area contributed by atoms with Gasteiger partial charge in [0.15, 0.2) is 0 Å². The van der Waals surface area contributed by atoms with Crippen molar-refractivity contribution in [2.75, 3.05) is 7.05 Å². The summed E-state index contributed by atoms with van der Waals surface area (Å²) < 4.78 is 5.38. The Kier molecular flexibility index (Phi) is 7.87. The number of ether oxygens (including phenoxy) is 1. The Labute approximate surface area is 155 Å². The van der Waals surface area contributed by atoms with Crippen LogP contribution in [0.2, 0.25) is 0 Å². The molecule has 0 fully saturated rings. The number of rotatable bonds is 9. The van der Waals surface area contributed by atoms with Gasteiger partial charge < -0.3 is 14.4 Å². The summed E-state index contributed by atoms with van der Waals surface area (Å²) in [5.74, 6) is 0.185. The van der Waals surface area contributed by atoms with Crippen molar-refractivity contribution in [2.45, 2.75) is 44.8 Å². The van der Waals surface area contributed by atoms with E-state index in [2.05, 4.69) is 12.1 Å². The first kappa shape index (κ1) is 19.7. The number of hydrogen-bond donors (Lipinski definition) is 0. The molecule has 0 saturated heterocycles. The van der Waals surface area contributed by atoms with Crippen molar-refractivity contribution in [1.29, 1.82) is 0 Å². The van der Waals surface area contributed by atoms with Crippen LogP contribution in [0.5, 0.6) is 0 Å². The molecule has 0 aliphatic rings. The summed E-state index contributed by atoms with van der Waals surface area (Å²) >= 11 is 0. The molecule has 2 rings (SSSR count). The van der Waals surface area contributed by atoms with E-state index in [9.17, 15) is 9.59 Å². The van der Waals surface area contributed by atoms with Gasteiger partial charge in [0.1, 0.15) is 12.9 Å². The predicted octanol–water partition coefficient (Wildman–Crippen LogP) is 4.80. The van der Waals surface area contributed by atoms with Gasteiger partial charge in [-0.05, 0) is 36.8 Å². The van der Waals surface area contributed by atoms with Crippen LogP contribution in [0, 0.1) is 0 Å². The summed E-state index contributed by atoms with van der Waals surface area (Å²) in [6, 6.07) is 19.7. The maximum atomic E-state index is 12.2. The maximum absolute atomic E-state index is 12.2. The van der Waals surface area contributed by atoms with Crippen LogP contribution in [0.3, 0.4) is 0 Å². The van der Waals surface area contributed by atoms with Crippen molar-refractivity contribution >= 4 is 12.4 Å². The molecule has 2 atom stereocenters. The van der Waals surface area contributed by atoms with Crippen LogP contribution >= 0.6 is 0 Å². The molecule has 2 aromatic carbocycles. The molecule has 0 bridgehead atoms. The number of amides is 1. The topological polar surface area (TPSA) is 46.6 Å². The molecule has 138 valence electrons. The first-order chi connectivity index (χ1) is 12.6. The highest BCUT2D eigenvalue weighted by Crippen LogP contribution is 2.25. The van der Waals surface area contributed by atoms with Crippen molar-refractivity contribution in [2.24, 2.45) is 0 Å². The minimum atomic E-state index is -0.326. The van der Waals surface area contributed by atoms with Crippen LogP contribution in [0.25, 0.3) is 0 Å². The molecule has 0 spiro atoms. The van der Waals surface area contributed by atoms with Gasteiger partial charge in [-0.15, -0.1) is 0 Å². The Morgan fingerprint density at radius 1 is 1.04 bits per heavy atom. The maximum Gasteiger partial charge on any atom is 0.410 e. The number of aldehydes is 1. The third-order valence-corrected chi connectivity index (χ3v) is 4.74. The van der Waals surface area contributed by atoms with E-state index in [4.69, 9.17) is 4.74 Å². The zero-order valence-corrected chi connectivity index (χ0v) is 15.5. The van der Waals surface area contributed by atoms with Gasteiger partial charge in [0.05, 0.1) is 0 Å². The second-order valence-electron chi connectivity index (χ2n) is 6.59. The van der Waals surface area contributed by atoms with Crippen molar-refractivity contribution in [3.8, 4) is 0 Å². The van der Waals surface area contributed by atoms with E-state index >= 15 is 0 Å². The highest BCUT2D eigenvalue weighted by Gasteiger charge is 2.19. The van der Waals surface area contributed by atoms with E-state index in [1.54, 1.807) is 11.9 Å². The zero-order chi connectivity index (χ0) is 18.8. The van der Waals surface area contributed by atoms with Crippen molar-refractivity contribution in [3.05, 3.63) is 71.8 Å². The largest absolute Gasteiger partial charge is 0.445 e. The van der Waals surface area contributed by atoms with Crippen molar-refractivity contribution < 1.29 is 14.3 Å². The molecule has 0 radical (unpaired) electrons. The fourth-order valence-corrected chi connectivity index (χ4v) is 2.90. The van der Waals surface area contributed by atoms with Crippen molar-refractivity contribution in [3.63, 3.8) is 0 Å². The average molecular weight is 353 g/mol. The van der Waals surface area contributed by atoms with Crippen LogP contribution in [0.4, 0.5) is 4.79 Å². The van der Waals surface area contributed by atoms with Gasteiger partial charge in [0.25, 0.3) is 0 Å². The predicted molar refractivity (Wildman–Crippen MR) is 103 cm³/mol. The minimum Gasteiger partial charge on any atom is -0.445 e. The summed E-state index contributed by atoms with van der Waals surface area (Å²) in [7, 11) is 1.76. The molecule has 0 heterocycles. The number of benzene rings is 2. The van der Waals surface area contributed by atoms with Gasteiger partial charge in [-0.2, -0.15) is 0 Å². The highest BCUT2D eigenvalue weighted by atomic mass is 16.6. The SMILES string of the molecule is CC(CCC(CC=O)c1ccccc1)N(C)C(=O)OCc1ccccc1. The summed E-state index contributed by atoms with van der Waals surface area (Å²) in [4.78, 5) is 24.9. The fraction of sp³-hybridized carbons (Fsp3) is 0.364. The van der Waals surface area contributed by atoms with Crippen LogP contribution in [-0.4, -0.2) is 30.4 Å². The molecule has 2 unspecified atom stereocenters. The first-order valence-corrected chi connectivity index (χ1v) is 9.04. The highest BCUT2D eigenvalue weighted by molar-refractivity contribution is 5.67. The number of carbonyl (C=O) groups is 2. The fourth-order valence-electron chi connectivity index (χ4n) is 2.90. The van der Waals surface area contributed by atoms with Crippen LogP contribution in [-0.2, 0) is 16.1 Å². The van der Waals surface area contributed by atoms with Gasteiger partial charge in [-0.25, -0.2) is 4.79 Å². The Balaban J connectivity index is 1.83. The first-order valence-electron chi connectivity index (χ1n) is 9.04. The van der Waals surface area contributed by atoms with Crippen LogP contribution in [0.15, 0.2) is 60.7 Å². The van der Waals surface area contributed by atoms with E-state index in [1.165, 1.54) is 5.56 Å². The van der Waals surface area contributed by atoms with E-state index in [0.717, 1.165) is 24.7 Å². The molecule has 0 saturated carbocycles. The van der Waals surface area contributed by atoms with Crippen LogP contribution in [0.1, 0.15) is 43.2 Å². The van der Waals surface area contributed by atoms with E-state index in [-0.39, 0.29) is 24.7 Å². The minimum absolute atomic E-state index is 0.0381. The zero-order valence-electron chi connectivity index (χ0n) is 15.5. The Morgan fingerprint density at radius 3 is 2.27 bits per heavy atom. The molecular formula is C22H27NO3. The lowest BCUT2D eigenvalue weighted by atomic mass is 9.90.